The van der Waals surface area contributed by atoms with Gasteiger partial charge in [0.15, 0.2) is 0 Å². The van der Waals surface area contributed by atoms with E-state index in [0.29, 0.717) is 18.7 Å². The van der Waals surface area contributed by atoms with E-state index < -0.39 is 0 Å². The molecule has 0 radical (unpaired) electrons. The van der Waals surface area contributed by atoms with Crippen LogP contribution in [0.3, 0.4) is 0 Å². The predicted molar refractivity (Wildman–Crippen MR) is 77.3 cm³/mol. The zero-order chi connectivity index (χ0) is 14.2. The van der Waals surface area contributed by atoms with Crippen LogP contribution >= 0.6 is 0 Å². The molecule has 20 heavy (non-hydrogen) atoms. The molecule has 2 aromatic rings. The van der Waals surface area contributed by atoms with Gasteiger partial charge in [-0.25, -0.2) is 0 Å². The first-order valence-electron chi connectivity index (χ1n) is 6.57. The van der Waals surface area contributed by atoms with Crippen molar-refractivity contribution in [2.45, 2.75) is 13.0 Å². The third-order valence-corrected chi connectivity index (χ3v) is 2.92. The summed E-state index contributed by atoms with van der Waals surface area (Å²) in [6.07, 6.45) is 1.79. The molecule has 0 aliphatic carbocycles. The van der Waals surface area contributed by atoms with Gasteiger partial charge in [0.25, 0.3) is 0 Å². The fourth-order valence-corrected chi connectivity index (χ4v) is 1.84. The number of hydrogen-bond donors (Lipinski definition) is 1. The molecule has 0 unspecified atom stereocenters. The summed E-state index contributed by atoms with van der Waals surface area (Å²) in [5.41, 5.74) is 1.62. The number of nitrogens with one attached hydrogen (secondary N) is 1. The Balaban J connectivity index is 1.75. The van der Waals surface area contributed by atoms with Crippen LogP contribution in [0.15, 0.2) is 48.7 Å². The van der Waals surface area contributed by atoms with Crippen LogP contribution in [0, 0.1) is 11.3 Å². The highest BCUT2D eigenvalue weighted by Crippen LogP contribution is 2.12. The monoisotopic (exact) mass is 267 g/mol. The summed E-state index contributed by atoms with van der Waals surface area (Å²) in [7, 11) is 0. The quantitative estimate of drug-likeness (QED) is 0.817. The first-order valence-corrected chi connectivity index (χ1v) is 6.57. The number of aromatic nitrogens is 1. The van der Waals surface area contributed by atoms with E-state index in [0.717, 1.165) is 11.4 Å². The normalized spacial score (nSPS) is 11.6. The SMILES string of the molecule is C[C@H](NCCOc1cccc(C#N)c1)c1ccccn1. The molecule has 0 aliphatic rings. The van der Waals surface area contributed by atoms with E-state index in [2.05, 4.69) is 23.3 Å². The van der Waals surface area contributed by atoms with Gasteiger partial charge in [0, 0.05) is 18.8 Å². The molecule has 0 saturated heterocycles. The first-order chi connectivity index (χ1) is 9.79. The predicted octanol–water partition coefficient (Wildman–Crippen LogP) is 2.68. The van der Waals surface area contributed by atoms with Crippen LogP contribution in [-0.4, -0.2) is 18.1 Å². The van der Waals surface area contributed by atoms with Crippen molar-refractivity contribution < 1.29 is 4.74 Å². The molecule has 0 bridgehead atoms. The van der Waals surface area contributed by atoms with Gasteiger partial charge in [0.2, 0.25) is 0 Å². The lowest BCUT2D eigenvalue weighted by atomic mass is 10.2. The lowest BCUT2D eigenvalue weighted by Crippen LogP contribution is -2.24. The Morgan fingerprint density at radius 3 is 2.95 bits per heavy atom. The van der Waals surface area contributed by atoms with Crippen LogP contribution in [0.25, 0.3) is 0 Å². The van der Waals surface area contributed by atoms with Crippen molar-refractivity contribution in [3.05, 3.63) is 59.9 Å². The number of nitrogens with zero attached hydrogens (tertiary/aromatic N) is 2. The summed E-state index contributed by atoms with van der Waals surface area (Å²) in [5, 5.41) is 12.2. The molecule has 2 rings (SSSR count). The molecule has 1 aromatic heterocycles. The van der Waals surface area contributed by atoms with E-state index in [9.17, 15) is 0 Å². The third-order valence-electron chi connectivity index (χ3n) is 2.92. The number of benzene rings is 1. The summed E-state index contributed by atoms with van der Waals surface area (Å²) < 4.78 is 5.60. The van der Waals surface area contributed by atoms with Gasteiger partial charge >= 0.3 is 0 Å². The molecule has 0 amide bonds. The van der Waals surface area contributed by atoms with Gasteiger partial charge in [-0.1, -0.05) is 12.1 Å². The topological polar surface area (TPSA) is 57.9 Å². The minimum atomic E-state index is 0.185. The summed E-state index contributed by atoms with van der Waals surface area (Å²) >= 11 is 0. The maximum atomic E-state index is 8.81. The Hall–Kier alpha value is -2.38. The average Bonchev–Trinajstić information content (AvgIpc) is 2.52. The maximum Gasteiger partial charge on any atom is 0.120 e. The molecule has 0 saturated carbocycles. The number of hydrogen-bond acceptors (Lipinski definition) is 4. The first kappa shape index (κ1) is 14.0. The van der Waals surface area contributed by atoms with Crippen molar-refractivity contribution >= 4 is 0 Å². The summed E-state index contributed by atoms with van der Waals surface area (Å²) in [4.78, 5) is 4.30. The van der Waals surface area contributed by atoms with Gasteiger partial charge in [-0.2, -0.15) is 5.26 Å². The van der Waals surface area contributed by atoms with Gasteiger partial charge in [-0.3, -0.25) is 4.98 Å². The van der Waals surface area contributed by atoms with Gasteiger partial charge < -0.3 is 10.1 Å². The van der Waals surface area contributed by atoms with Gasteiger partial charge in [-0.05, 0) is 37.3 Å². The van der Waals surface area contributed by atoms with Crippen LogP contribution < -0.4 is 10.1 Å². The molecule has 0 spiro atoms. The van der Waals surface area contributed by atoms with E-state index in [1.165, 1.54) is 0 Å². The van der Waals surface area contributed by atoms with E-state index in [1.807, 2.05) is 30.3 Å². The number of pyridine rings is 1. The molecule has 0 aliphatic heterocycles. The number of rotatable bonds is 6. The largest absolute Gasteiger partial charge is 0.492 e. The van der Waals surface area contributed by atoms with Crippen molar-refractivity contribution in [3.8, 4) is 11.8 Å². The van der Waals surface area contributed by atoms with Crippen LogP contribution in [0.1, 0.15) is 24.2 Å². The molecule has 1 atom stereocenters. The van der Waals surface area contributed by atoms with Crippen molar-refractivity contribution in [3.63, 3.8) is 0 Å². The lowest BCUT2D eigenvalue weighted by Gasteiger charge is -2.13. The minimum absolute atomic E-state index is 0.185. The smallest absolute Gasteiger partial charge is 0.120 e. The Bertz CT molecular complexity index is 578. The second-order valence-electron chi connectivity index (χ2n) is 4.42. The zero-order valence-electron chi connectivity index (χ0n) is 11.4. The molecule has 4 nitrogen and oxygen atoms in total. The molecule has 102 valence electrons. The van der Waals surface area contributed by atoms with Crippen LogP contribution in [0.4, 0.5) is 0 Å². The molecule has 1 heterocycles. The van der Waals surface area contributed by atoms with Crippen LogP contribution in [0.5, 0.6) is 5.75 Å². The summed E-state index contributed by atoms with van der Waals surface area (Å²) in [6.45, 7) is 3.33. The minimum Gasteiger partial charge on any atom is -0.492 e. The van der Waals surface area contributed by atoms with Crippen LogP contribution in [-0.2, 0) is 0 Å². The number of nitriles is 1. The fourth-order valence-electron chi connectivity index (χ4n) is 1.84. The second-order valence-corrected chi connectivity index (χ2v) is 4.42. The lowest BCUT2D eigenvalue weighted by molar-refractivity contribution is 0.307. The Kier molecular flexibility index (Phi) is 5.10. The third kappa shape index (κ3) is 4.08. The van der Waals surface area contributed by atoms with Gasteiger partial charge in [-0.15, -0.1) is 0 Å². The zero-order valence-corrected chi connectivity index (χ0v) is 11.4. The van der Waals surface area contributed by atoms with Crippen molar-refractivity contribution in [2.75, 3.05) is 13.2 Å². The van der Waals surface area contributed by atoms with Crippen molar-refractivity contribution in [2.24, 2.45) is 0 Å². The number of ether oxygens (including phenoxy) is 1. The molecular formula is C16H17N3O. The Morgan fingerprint density at radius 2 is 2.20 bits per heavy atom. The van der Waals surface area contributed by atoms with Crippen molar-refractivity contribution in [1.29, 1.82) is 5.26 Å². The molecule has 1 N–H and O–H groups in total. The fraction of sp³-hybridized carbons (Fsp3) is 0.250. The highest BCUT2D eigenvalue weighted by molar-refractivity contribution is 5.36. The molecule has 4 heteroatoms. The Morgan fingerprint density at radius 1 is 1.30 bits per heavy atom. The van der Waals surface area contributed by atoms with Gasteiger partial charge in [0.1, 0.15) is 12.4 Å². The maximum absolute atomic E-state index is 8.81. The van der Waals surface area contributed by atoms with E-state index in [1.54, 1.807) is 18.3 Å². The highest BCUT2D eigenvalue weighted by atomic mass is 16.5. The summed E-state index contributed by atoms with van der Waals surface area (Å²) in [6, 6.07) is 15.3. The second kappa shape index (κ2) is 7.27. The average molecular weight is 267 g/mol. The molecule has 1 aromatic carbocycles. The van der Waals surface area contributed by atoms with Crippen molar-refractivity contribution in [1.82, 2.24) is 10.3 Å². The van der Waals surface area contributed by atoms with E-state index in [4.69, 9.17) is 10.00 Å². The van der Waals surface area contributed by atoms with E-state index >= 15 is 0 Å². The van der Waals surface area contributed by atoms with Crippen LogP contribution in [0.2, 0.25) is 0 Å². The molecule has 0 fully saturated rings. The molecular weight excluding hydrogens is 250 g/mol. The van der Waals surface area contributed by atoms with E-state index in [-0.39, 0.29) is 6.04 Å². The summed E-state index contributed by atoms with van der Waals surface area (Å²) in [5.74, 6) is 0.719. The highest BCUT2D eigenvalue weighted by Gasteiger charge is 2.04. The Labute approximate surface area is 119 Å². The van der Waals surface area contributed by atoms with Gasteiger partial charge in [0.05, 0.1) is 17.3 Å². The standard InChI is InChI=1S/C16H17N3O/c1-13(16-7-2-3-8-19-16)18-9-10-20-15-6-4-5-14(11-15)12-17/h2-8,11,13,18H,9-10H2,1H3/t13-/m0/s1.